The van der Waals surface area contributed by atoms with Crippen molar-refractivity contribution < 1.29 is 0 Å². The fourth-order valence-electron chi connectivity index (χ4n) is 11.6. The molecule has 0 atom stereocenters. The van der Waals surface area contributed by atoms with Crippen LogP contribution in [0.2, 0.25) is 157 Å². The first-order valence-corrected chi connectivity index (χ1v) is 72.2. The average molecular weight is 1670 g/mol. The van der Waals surface area contributed by atoms with Crippen LogP contribution in [0.1, 0.15) is 0 Å². The van der Waals surface area contributed by atoms with E-state index in [1.54, 1.807) is 105 Å². The summed E-state index contributed by atoms with van der Waals surface area (Å²) in [4.78, 5) is 0. The summed E-state index contributed by atoms with van der Waals surface area (Å²) in [5.41, 5.74) is 0. The van der Waals surface area contributed by atoms with Gasteiger partial charge in [0.15, 0.2) is 0 Å². The van der Waals surface area contributed by atoms with Crippen LogP contribution in [0.4, 0.5) is 0 Å². The van der Waals surface area contributed by atoms with Gasteiger partial charge in [0.2, 0.25) is 0 Å². The van der Waals surface area contributed by atoms with Crippen LogP contribution in [-0.4, -0.2) is 124 Å². The number of rotatable bonds is 8. The predicted octanol–water partition coefficient (Wildman–Crippen LogP) is 12.9. The Hall–Kier alpha value is 2.29. The summed E-state index contributed by atoms with van der Waals surface area (Å²) in [7, 11) is -13.8. The van der Waals surface area contributed by atoms with Gasteiger partial charge in [-0.1, -0.05) is 0 Å². The minimum absolute atomic E-state index is 0.284. The van der Waals surface area contributed by atoms with Crippen molar-refractivity contribution in [2.75, 3.05) is 0 Å². The van der Waals surface area contributed by atoms with E-state index in [9.17, 15) is 0 Å². The van der Waals surface area contributed by atoms with E-state index in [-0.39, 0.29) is 59.8 Å². The molecule has 12 aromatic heterocycles. The van der Waals surface area contributed by atoms with Crippen molar-refractivity contribution in [2.45, 2.75) is 157 Å². The molecule has 0 fully saturated rings. The van der Waals surface area contributed by atoms with Gasteiger partial charge in [-0.05, 0) is 0 Å². The van der Waals surface area contributed by atoms with Gasteiger partial charge >= 0.3 is 564 Å². The van der Waals surface area contributed by atoms with Gasteiger partial charge in [0.1, 0.15) is 0 Å². The van der Waals surface area contributed by atoms with Crippen LogP contribution < -0.4 is 71.7 Å². The Morgan fingerprint density at radius 3 is 0.338 bits per heavy atom. The van der Waals surface area contributed by atoms with Crippen LogP contribution in [0.15, 0.2) is 0 Å². The van der Waals surface area contributed by atoms with Crippen LogP contribution in [0.25, 0.3) is 75.2 Å². The summed E-state index contributed by atoms with van der Waals surface area (Å²) < 4.78 is 40.9. The quantitative estimate of drug-likeness (QED) is 0.133. The summed E-state index contributed by atoms with van der Waals surface area (Å²) in [6.45, 7) is 64.0. The third-order valence-corrected chi connectivity index (χ3v) is 65.8. The van der Waals surface area contributed by atoms with Crippen molar-refractivity contribution >= 4 is 407 Å². The Bertz CT molecular complexity index is 3730. The molecule has 0 saturated carbocycles. The third kappa shape index (κ3) is 9.86. The summed E-state index contributed by atoms with van der Waals surface area (Å²) >= 11 is 28.3. The van der Waals surface area contributed by atoms with E-state index in [1.165, 1.54) is 0 Å². The van der Waals surface area contributed by atoms with Crippen LogP contribution >= 0.6 is 136 Å². The van der Waals surface area contributed by atoms with Gasteiger partial charge in [0.25, 0.3) is 0 Å². The van der Waals surface area contributed by atoms with Gasteiger partial charge < -0.3 is 0 Å². The number of fused-ring (bicyclic) bond motifs is 8. The molecular formula is C56H72S12Se4Si8. The van der Waals surface area contributed by atoms with Crippen LogP contribution in [0.3, 0.4) is 0 Å². The molecule has 0 nitrogen and oxygen atoms in total. The summed E-state index contributed by atoms with van der Waals surface area (Å²) in [6, 6.07) is 0. The zero-order valence-electron chi connectivity index (χ0n) is 50.5. The van der Waals surface area contributed by atoms with Crippen molar-refractivity contribution in [1.82, 2.24) is 0 Å². The molecule has 80 heavy (non-hydrogen) atoms. The molecule has 0 amide bonds. The van der Waals surface area contributed by atoms with Gasteiger partial charge in [0, 0.05) is 0 Å². The van der Waals surface area contributed by atoms with Crippen molar-refractivity contribution in [2.24, 2.45) is 0 Å². The maximum absolute atomic E-state index is 2.67. The minimum atomic E-state index is -1.73. The zero-order valence-corrected chi connectivity index (χ0v) is 75.2. The number of hydrogen-bond acceptors (Lipinski definition) is 12. The molecule has 0 saturated heterocycles. The molecule has 16 bridgehead atoms. The van der Waals surface area contributed by atoms with Crippen molar-refractivity contribution in [3.05, 3.63) is 0 Å². The number of hydrogen-bond donors (Lipinski definition) is 0. The second-order valence-electron chi connectivity index (χ2n) is 30.2. The Kier molecular flexibility index (Phi) is 15.2. The van der Waals surface area contributed by atoms with Gasteiger partial charge in [-0.2, -0.15) is 0 Å². The molecule has 0 spiro atoms. The Balaban J connectivity index is 1.12. The van der Waals surface area contributed by atoms with Crippen molar-refractivity contribution in [3.8, 4) is 0 Å². The number of thiophene rings is 12. The first kappa shape index (κ1) is 61.2. The molecule has 0 radical (unpaired) electrons. The van der Waals surface area contributed by atoms with E-state index < -0.39 is 64.6 Å². The predicted molar refractivity (Wildman–Crippen MR) is 424 cm³/mol. The molecule has 0 aliphatic carbocycles. The van der Waals surface area contributed by atoms with Crippen molar-refractivity contribution in [1.29, 1.82) is 0 Å². The van der Waals surface area contributed by atoms with E-state index in [4.69, 9.17) is 0 Å². The summed E-state index contributed by atoms with van der Waals surface area (Å²) in [6.07, 6.45) is 0. The molecule has 0 unspecified atom stereocenters. The molecule has 24 heteroatoms. The topological polar surface area (TPSA) is 0 Å². The second-order valence-corrected chi connectivity index (χ2v) is 95.7. The molecule has 424 valence electrons. The van der Waals surface area contributed by atoms with Gasteiger partial charge in [-0.15, -0.1) is 0 Å². The second kappa shape index (κ2) is 19.9. The standard InChI is InChI=1S/C56H72S12Se4Si8/c1-73(2,3)41-33-25-26-34(57-33)42(74(4,5)6)51(62-26)70-52-45(77(13,14)15)37-29(65-52)30-38(59-37)47(79(19,20)21)55(66-30)72-56-48(80(22,23)24)40-32(68-56)31-39(60-40)46(78(16,17)18)54(67-31)71-53-44(76(10,11)12)36-28(64-53)27-35(58-36)43(75(7,8)9)50(63-27)69-49(41)61-25/h1-24H3. The SMILES string of the molecule is C[Si](C)(C)c1c2sc3c1sc1c([Si](C)(C)C)c(sc13)[Se]c1sc3c(sc4c([Si](C)(C)C)c(sc43)[Se]c3sc4c(sc5c([Si](C)(C)C)c(sc54)[Se]c4sc5c(sc6c([Si](C)(C)C)c(sc65)[Se]2)c4[Si](C)(C)C)c3[Si](C)(C)C)c1[Si](C)(C)C. The molecule has 13 rings (SSSR count). The fraction of sp³-hybridized carbons (Fsp3) is 0.429. The van der Waals surface area contributed by atoms with Crippen molar-refractivity contribution in [3.63, 3.8) is 0 Å². The normalized spacial score (nSPS) is 15.3. The molecule has 0 N–H and O–H groups in total. The zero-order chi connectivity index (χ0) is 57.8. The van der Waals surface area contributed by atoms with E-state index in [0.29, 0.717) is 0 Å². The summed E-state index contributed by atoms with van der Waals surface area (Å²) in [5.74, 6) is 0. The summed E-state index contributed by atoms with van der Waals surface area (Å²) in [5, 5.41) is 14.5. The Morgan fingerprint density at radius 1 is 0.150 bits per heavy atom. The molecular weight excluding hydrogens is 1600 g/mol. The molecule has 1 aliphatic rings. The van der Waals surface area contributed by atoms with Gasteiger partial charge in [-0.3, -0.25) is 0 Å². The first-order chi connectivity index (χ1) is 36.7. The average Bonchev–Trinajstić information content (AvgIpc) is 4.10. The van der Waals surface area contributed by atoms with Gasteiger partial charge in [0.05, 0.1) is 0 Å². The van der Waals surface area contributed by atoms with E-state index in [1.807, 2.05) is 41.5 Å². The molecule has 12 aromatic rings. The Labute approximate surface area is 556 Å². The Morgan fingerprint density at radius 2 is 0.250 bits per heavy atom. The van der Waals surface area contributed by atoms with Crippen LogP contribution in [-0.2, 0) is 0 Å². The van der Waals surface area contributed by atoms with Gasteiger partial charge in [-0.25, -0.2) is 0 Å². The maximum atomic E-state index is 2.67. The van der Waals surface area contributed by atoms with E-state index in [2.05, 4.69) is 293 Å². The van der Waals surface area contributed by atoms with Crippen LogP contribution in [0.5, 0.6) is 0 Å². The molecule has 1 aliphatic heterocycles. The fourth-order valence-corrected chi connectivity index (χ4v) is 89.9. The first-order valence-electron chi connectivity index (χ1n) is 27.5. The molecule has 13 heterocycles. The monoisotopic (exact) mass is 1670 g/mol. The third-order valence-electron chi connectivity index (χ3n) is 15.0. The van der Waals surface area contributed by atoms with E-state index in [0.717, 1.165) is 0 Å². The van der Waals surface area contributed by atoms with E-state index >= 15 is 0 Å². The molecule has 0 aromatic carbocycles. The van der Waals surface area contributed by atoms with Crippen LogP contribution in [0, 0.1) is 0 Å².